The fourth-order valence-electron chi connectivity index (χ4n) is 5.42. The molecule has 2 N–H and O–H groups in total. The summed E-state index contributed by atoms with van der Waals surface area (Å²) >= 11 is 0. The number of piperidine rings is 1. The Morgan fingerprint density at radius 2 is 1.67 bits per heavy atom. The summed E-state index contributed by atoms with van der Waals surface area (Å²) in [6, 6.07) is 0.674. The predicted octanol–water partition coefficient (Wildman–Crippen LogP) is 0.766. The maximum absolute atomic E-state index is 12.7. The normalized spacial score (nSPS) is 24.2. The van der Waals surface area contributed by atoms with Crippen LogP contribution in [0.4, 0.5) is 5.95 Å². The maximum Gasteiger partial charge on any atom is 0.290 e. The molecular formula is C21H32N4O5. The lowest BCUT2D eigenvalue weighted by Gasteiger charge is -2.43. The molecule has 3 aliphatic heterocycles. The van der Waals surface area contributed by atoms with E-state index in [-0.39, 0.29) is 17.4 Å². The molecule has 0 aromatic carbocycles. The van der Waals surface area contributed by atoms with E-state index in [2.05, 4.69) is 14.8 Å². The van der Waals surface area contributed by atoms with Gasteiger partial charge in [-0.2, -0.15) is 0 Å². The van der Waals surface area contributed by atoms with Crippen molar-refractivity contribution in [2.24, 2.45) is 0 Å². The van der Waals surface area contributed by atoms with Gasteiger partial charge in [-0.25, -0.2) is 4.98 Å². The molecule has 5 rings (SSSR count). The minimum atomic E-state index is -0.250. The lowest BCUT2D eigenvalue weighted by Crippen LogP contribution is -2.48. The Hall–Kier alpha value is -1.97. The van der Waals surface area contributed by atoms with E-state index in [1.54, 1.807) is 0 Å². The number of morpholine rings is 1. The average Bonchev–Trinajstić information content (AvgIpc) is 3.14. The van der Waals surface area contributed by atoms with Gasteiger partial charge >= 0.3 is 0 Å². The summed E-state index contributed by atoms with van der Waals surface area (Å²) in [7, 11) is 0. The lowest BCUT2D eigenvalue weighted by atomic mass is 9.75. The number of likely N-dealkylation sites (tertiary alicyclic amines) is 1. The third-order valence-corrected chi connectivity index (χ3v) is 7.13. The van der Waals surface area contributed by atoms with Gasteiger partial charge in [-0.3, -0.25) is 14.6 Å². The van der Waals surface area contributed by atoms with Gasteiger partial charge in [0.25, 0.3) is 12.0 Å². The number of carbonyl (C=O) groups is 1. The van der Waals surface area contributed by atoms with Gasteiger partial charge in [0.2, 0.25) is 5.95 Å². The Balaban J connectivity index is 0.000000687. The second-order valence-electron chi connectivity index (χ2n) is 8.58. The molecule has 0 unspecified atom stereocenters. The molecule has 0 amide bonds. The summed E-state index contributed by atoms with van der Waals surface area (Å²) in [6.45, 7) is 6.78. The Kier molecular flexibility index (Phi) is 6.70. The van der Waals surface area contributed by atoms with Crippen LogP contribution in [0, 0.1) is 0 Å². The maximum atomic E-state index is 12.7. The van der Waals surface area contributed by atoms with Gasteiger partial charge in [0.15, 0.2) is 0 Å². The Labute approximate surface area is 176 Å². The van der Waals surface area contributed by atoms with Gasteiger partial charge in [0, 0.05) is 43.3 Å². The van der Waals surface area contributed by atoms with Gasteiger partial charge < -0.3 is 24.4 Å². The third-order valence-electron chi connectivity index (χ3n) is 7.13. The van der Waals surface area contributed by atoms with E-state index in [4.69, 9.17) is 24.4 Å². The molecule has 0 atom stereocenters. The highest BCUT2D eigenvalue weighted by Gasteiger charge is 2.45. The molecule has 0 saturated carbocycles. The fraction of sp³-hybridized carbons (Fsp3) is 0.762. The summed E-state index contributed by atoms with van der Waals surface area (Å²) in [5, 5.41) is 6.89. The zero-order valence-corrected chi connectivity index (χ0v) is 17.5. The van der Waals surface area contributed by atoms with Crippen molar-refractivity contribution in [2.75, 3.05) is 57.5 Å². The molecule has 1 aromatic rings. The number of fused-ring (bicyclic) bond motifs is 2. The molecule has 0 bridgehead atoms. The van der Waals surface area contributed by atoms with Gasteiger partial charge in [-0.15, -0.1) is 0 Å². The van der Waals surface area contributed by atoms with Gasteiger partial charge in [-0.1, -0.05) is 0 Å². The Morgan fingerprint density at radius 3 is 2.33 bits per heavy atom. The van der Waals surface area contributed by atoms with Crippen LogP contribution in [0.1, 0.15) is 43.4 Å². The first-order valence-electron chi connectivity index (χ1n) is 11.0. The van der Waals surface area contributed by atoms with Crippen molar-refractivity contribution in [1.29, 1.82) is 0 Å². The van der Waals surface area contributed by atoms with Gasteiger partial charge in [-0.05, 0) is 51.6 Å². The molecule has 1 aromatic heterocycles. The molecule has 1 aliphatic carbocycles. The van der Waals surface area contributed by atoms with E-state index in [1.807, 2.05) is 0 Å². The largest absolute Gasteiger partial charge is 0.483 e. The number of nitrogens with zero attached hydrogens (tertiary/aromatic N) is 3. The first-order valence-corrected chi connectivity index (χ1v) is 11.0. The molecule has 4 aliphatic rings. The van der Waals surface area contributed by atoms with E-state index in [0.29, 0.717) is 19.3 Å². The predicted molar refractivity (Wildman–Crippen MR) is 111 cm³/mol. The molecule has 166 valence electrons. The number of aromatic amines is 1. The highest BCUT2D eigenvalue weighted by atomic mass is 16.5. The SMILES string of the molecule is O=CO.O=c1[nH]c(N2CCOCC2)nc2c1CCC21CCN(C2CCOCC2)CC1. The number of rotatable bonds is 2. The van der Waals surface area contributed by atoms with Crippen LogP contribution in [0.5, 0.6) is 0 Å². The van der Waals surface area contributed by atoms with Crippen molar-refractivity contribution in [3.05, 3.63) is 21.6 Å². The van der Waals surface area contributed by atoms with E-state index >= 15 is 0 Å². The lowest BCUT2D eigenvalue weighted by molar-refractivity contribution is -0.122. The van der Waals surface area contributed by atoms with E-state index in [9.17, 15) is 4.79 Å². The van der Waals surface area contributed by atoms with Crippen molar-refractivity contribution in [1.82, 2.24) is 14.9 Å². The molecule has 3 fully saturated rings. The van der Waals surface area contributed by atoms with E-state index in [0.717, 1.165) is 95.1 Å². The van der Waals surface area contributed by atoms with E-state index < -0.39 is 0 Å². The number of hydrogen-bond donors (Lipinski definition) is 2. The van der Waals surface area contributed by atoms with Crippen molar-refractivity contribution in [3.63, 3.8) is 0 Å². The summed E-state index contributed by atoms with van der Waals surface area (Å²) in [5.74, 6) is 0.746. The summed E-state index contributed by atoms with van der Waals surface area (Å²) < 4.78 is 11.0. The van der Waals surface area contributed by atoms with Crippen LogP contribution in [0.25, 0.3) is 0 Å². The first-order chi connectivity index (χ1) is 14.7. The zero-order valence-electron chi connectivity index (χ0n) is 17.5. The van der Waals surface area contributed by atoms with Crippen molar-refractivity contribution < 1.29 is 19.4 Å². The number of ether oxygens (including phenoxy) is 2. The number of anilines is 1. The van der Waals surface area contributed by atoms with Gasteiger partial charge in [0.1, 0.15) is 0 Å². The number of hydrogen-bond acceptors (Lipinski definition) is 7. The fourth-order valence-corrected chi connectivity index (χ4v) is 5.42. The molecular weight excluding hydrogens is 388 g/mol. The number of H-pyrrole nitrogens is 1. The van der Waals surface area contributed by atoms with Crippen LogP contribution < -0.4 is 10.5 Å². The highest BCUT2D eigenvalue weighted by molar-refractivity contribution is 5.40. The second-order valence-corrected chi connectivity index (χ2v) is 8.58. The summed E-state index contributed by atoms with van der Waals surface area (Å²) in [5.41, 5.74) is 2.21. The standard InChI is InChI=1S/C20H30N4O3.CH2O2/c25-18-16-1-4-20(5-7-23(8-6-20)15-2-11-26-12-3-15)17(16)21-19(22-18)24-9-13-27-14-10-24;2-1-3/h15H,1-14H2,(H,21,22,25);1H,(H,2,3). The minimum Gasteiger partial charge on any atom is -0.483 e. The Bertz CT molecular complexity index is 778. The molecule has 9 heteroatoms. The molecule has 0 radical (unpaired) electrons. The average molecular weight is 421 g/mol. The van der Waals surface area contributed by atoms with Crippen LogP contribution in [-0.4, -0.2) is 85.1 Å². The highest BCUT2D eigenvalue weighted by Crippen LogP contribution is 2.45. The number of nitrogens with one attached hydrogen (secondary N) is 1. The smallest absolute Gasteiger partial charge is 0.290 e. The topological polar surface area (TPSA) is 108 Å². The van der Waals surface area contributed by atoms with Crippen molar-refractivity contribution >= 4 is 12.4 Å². The van der Waals surface area contributed by atoms with Crippen LogP contribution in [0.3, 0.4) is 0 Å². The van der Waals surface area contributed by atoms with Crippen molar-refractivity contribution in [2.45, 2.75) is 50.0 Å². The summed E-state index contributed by atoms with van der Waals surface area (Å²) in [6.07, 6.45) is 6.50. The first kappa shape index (κ1) is 21.3. The number of carboxylic acid groups (broad SMARTS) is 1. The zero-order chi connectivity index (χ0) is 21.0. The van der Waals surface area contributed by atoms with Crippen LogP contribution in [0.2, 0.25) is 0 Å². The quantitative estimate of drug-likeness (QED) is 0.676. The molecule has 4 heterocycles. The van der Waals surface area contributed by atoms with Crippen molar-refractivity contribution in [3.8, 4) is 0 Å². The molecule has 3 saturated heterocycles. The Morgan fingerprint density at radius 1 is 1.03 bits per heavy atom. The monoisotopic (exact) mass is 420 g/mol. The van der Waals surface area contributed by atoms with Crippen LogP contribution in [0.15, 0.2) is 4.79 Å². The molecule has 1 spiro atoms. The van der Waals surface area contributed by atoms with Crippen LogP contribution in [-0.2, 0) is 26.1 Å². The number of aromatic nitrogens is 2. The minimum absolute atomic E-state index is 0.0743. The van der Waals surface area contributed by atoms with Gasteiger partial charge in [0.05, 0.1) is 18.9 Å². The summed E-state index contributed by atoms with van der Waals surface area (Å²) in [4.78, 5) is 34.0. The molecule has 30 heavy (non-hydrogen) atoms. The third kappa shape index (κ3) is 4.24. The van der Waals surface area contributed by atoms with Crippen LogP contribution >= 0.6 is 0 Å². The molecule has 9 nitrogen and oxygen atoms in total. The second kappa shape index (κ2) is 9.45. The van der Waals surface area contributed by atoms with E-state index in [1.165, 1.54) is 0 Å².